The van der Waals surface area contributed by atoms with Gasteiger partial charge in [0.05, 0.1) is 6.54 Å². The lowest BCUT2D eigenvalue weighted by molar-refractivity contribution is 0.0692. The van der Waals surface area contributed by atoms with Crippen LogP contribution in [0.25, 0.3) is 11.0 Å². The van der Waals surface area contributed by atoms with Crippen LogP contribution >= 0.6 is 0 Å². The van der Waals surface area contributed by atoms with Crippen LogP contribution in [0.1, 0.15) is 49.2 Å². The standard InChI is InChI=1S/C17H21NO3/c1-3-12-9-8-11(2)18(12)10-15-16(17(19)20)13-6-4-5-7-14(13)21-15/h4-7,11-12H,3,8-10H2,1-2H3,(H,19,20). The Hall–Kier alpha value is -1.81. The second-order valence-electron chi connectivity index (χ2n) is 5.86. The largest absolute Gasteiger partial charge is 0.478 e. The Morgan fingerprint density at radius 3 is 2.86 bits per heavy atom. The highest BCUT2D eigenvalue weighted by Crippen LogP contribution is 2.32. The molecule has 1 aromatic heterocycles. The number of furan rings is 1. The van der Waals surface area contributed by atoms with Gasteiger partial charge < -0.3 is 9.52 Å². The predicted molar refractivity (Wildman–Crippen MR) is 81.5 cm³/mol. The molecule has 0 spiro atoms. The summed E-state index contributed by atoms with van der Waals surface area (Å²) in [6, 6.07) is 8.36. The number of hydrogen-bond donors (Lipinski definition) is 1. The predicted octanol–water partition coefficient (Wildman–Crippen LogP) is 3.89. The zero-order valence-corrected chi connectivity index (χ0v) is 12.5. The molecule has 2 atom stereocenters. The molecule has 4 nitrogen and oxygen atoms in total. The second kappa shape index (κ2) is 5.53. The van der Waals surface area contributed by atoms with E-state index in [-0.39, 0.29) is 0 Å². The van der Waals surface area contributed by atoms with Crippen LogP contribution in [-0.2, 0) is 6.54 Å². The van der Waals surface area contributed by atoms with Crippen LogP contribution in [-0.4, -0.2) is 28.1 Å². The summed E-state index contributed by atoms with van der Waals surface area (Å²) >= 11 is 0. The summed E-state index contributed by atoms with van der Waals surface area (Å²) in [5.41, 5.74) is 0.976. The maximum absolute atomic E-state index is 11.6. The molecule has 2 heterocycles. The third kappa shape index (κ3) is 2.44. The summed E-state index contributed by atoms with van der Waals surface area (Å²) in [5.74, 6) is -0.328. The smallest absolute Gasteiger partial charge is 0.339 e. The van der Waals surface area contributed by atoms with Crippen molar-refractivity contribution < 1.29 is 14.3 Å². The van der Waals surface area contributed by atoms with Gasteiger partial charge in [-0.05, 0) is 32.3 Å². The maximum Gasteiger partial charge on any atom is 0.339 e. The van der Waals surface area contributed by atoms with Gasteiger partial charge in [-0.3, -0.25) is 4.90 Å². The van der Waals surface area contributed by atoms with Gasteiger partial charge in [0, 0.05) is 17.5 Å². The highest BCUT2D eigenvalue weighted by Gasteiger charge is 2.32. The summed E-state index contributed by atoms with van der Waals surface area (Å²) in [5, 5.41) is 10.2. The Morgan fingerprint density at radius 2 is 2.14 bits per heavy atom. The molecule has 0 radical (unpaired) electrons. The molecule has 0 saturated carbocycles. The molecule has 1 aromatic carbocycles. The second-order valence-corrected chi connectivity index (χ2v) is 5.86. The lowest BCUT2D eigenvalue weighted by Crippen LogP contribution is -2.33. The number of carboxylic acids is 1. The SMILES string of the molecule is CCC1CCC(C)N1Cc1oc2ccccc2c1C(=O)O. The van der Waals surface area contributed by atoms with E-state index in [9.17, 15) is 9.90 Å². The Labute approximate surface area is 124 Å². The average Bonchev–Trinajstić information content (AvgIpc) is 3.00. The summed E-state index contributed by atoms with van der Waals surface area (Å²) in [6.07, 6.45) is 3.44. The van der Waals surface area contributed by atoms with Crippen LogP contribution in [0.3, 0.4) is 0 Å². The van der Waals surface area contributed by atoms with Gasteiger partial charge in [-0.15, -0.1) is 0 Å². The number of benzene rings is 1. The molecule has 2 unspecified atom stereocenters. The number of fused-ring (bicyclic) bond motifs is 1. The highest BCUT2D eigenvalue weighted by atomic mass is 16.4. The first-order chi connectivity index (χ1) is 10.1. The highest BCUT2D eigenvalue weighted by molar-refractivity contribution is 6.03. The summed E-state index contributed by atoms with van der Waals surface area (Å²) in [4.78, 5) is 14.0. The Bertz CT molecular complexity index is 661. The van der Waals surface area contributed by atoms with Crippen molar-refractivity contribution in [1.29, 1.82) is 0 Å². The Kier molecular flexibility index (Phi) is 3.72. The number of hydrogen-bond acceptors (Lipinski definition) is 3. The van der Waals surface area contributed by atoms with Crippen LogP contribution in [0.15, 0.2) is 28.7 Å². The van der Waals surface area contributed by atoms with E-state index in [1.54, 1.807) is 0 Å². The van der Waals surface area contributed by atoms with Crippen LogP contribution < -0.4 is 0 Å². The zero-order chi connectivity index (χ0) is 15.0. The molecular formula is C17H21NO3. The molecule has 1 N–H and O–H groups in total. The van der Waals surface area contributed by atoms with Crippen LogP contribution in [0.2, 0.25) is 0 Å². The molecular weight excluding hydrogens is 266 g/mol. The van der Waals surface area contributed by atoms with E-state index in [0.29, 0.717) is 40.9 Å². The van der Waals surface area contributed by atoms with Gasteiger partial charge in [0.15, 0.2) is 0 Å². The number of carboxylic acid groups (broad SMARTS) is 1. The number of rotatable bonds is 4. The van der Waals surface area contributed by atoms with Crippen molar-refractivity contribution in [3.8, 4) is 0 Å². The van der Waals surface area contributed by atoms with Crippen molar-refractivity contribution in [1.82, 2.24) is 4.90 Å². The third-order valence-electron chi connectivity index (χ3n) is 4.63. The van der Waals surface area contributed by atoms with Gasteiger partial charge in [-0.1, -0.05) is 25.1 Å². The lowest BCUT2D eigenvalue weighted by atomic mass is 10.1. The third-order valence-corrected chi connectivity index (χ3v) is 4.63. The van der Waals surface area contributed by atoms with E-state index in [0.717, 1.165) is 6.42 Å². The minimum Gasteiger partial charge on any atom is -0.478 e. The van der Waals surface area contributed by atoms with Gasteiger partial charge in [0.1, 0.15) is 16.9 Å². The van der Waals surface area contributed by atoms with Gasteiger partial charge in [-0.2, -0.15) is 0 Å². The molecule has 112 valence electrons. The summed E-state index contributed by atoms with van der Waals surface area (Å²) < 4.78 is 5.84. The zero-order valence-electron chi connectivity index (χ0n) is 12.5. The van der Waals surface area contributed by atoms with Gasteiger partial charge >= 0.3 is 5.97 Å². The van der Waals surface area contributed by atoms with Crippen molar-refractivity contribution in [3.05, 3.63) is 35.6 Å². The first-order valence-corrected chi connectivity index (χ1v) is 7.61. The average molecular weight is 287 g/mol. The lowest BCUT2D eigenvalue weighted by Gasteiger charge is -2.26. The fraction of sp³-hybridized carbons (Fsp3) is 0.471. The number of carbonyl (C=O) groups is 1. The first-order valence-electron chi connectivity index (χ1n) is 7.61. The van der Waals surface area contributed by atoms with Crippen molar-refractivity contribution in [2.45, 2.75) is 51.7 Å². The minimum atomic E-state index is -0.908. The van der Waals surface area contributed by atoms with Gasteiger partial charge in [0.25, 0.3) is 0 Å². The minimum absolute atomic E-state index is 0.319. The monoisotopic (exact) mass is 287 g/mol. The van der Waals surface area contributed by atoms with Crippen molar-refractivity contribution in [3.63, 3.8) is 0 Å². The van der Waals surface area contributed by atoms with Gasteiger partial charge in [-0.25, -0.2) is 4.79 Å². The molecule has 4 heteroatoms. The topological polar surface area (TPSA) is 53.7 Å². The molecule has 21 heavy (non-hydrogen) atoms. The van der Waals surface area contributed by atoms with E-state index >= 15 is 0 Å². The summed E-state index contributed by atoms with van der Waals surface area (Å²) in [6.45, 7) is 4.97. The molecule has 0 bridgehead atoms. The van der Waals surface area contributed by atoms with Crippen molar-refractivity contribution in [2.24, 2.45) is 0 Å². The Balaban J connectivity index is 2.00. The van der Waals surface area contributed by atoms with Crippen LogP contribution in [0.5, 0.6) is 0 Å². The van der Waals surface area contributed by atoms with Crippen molar-refractivity contribution >= 4 is 16.9 Å². The van der Waals surface area contributed by atoms with E-state index < -0.39 is 5.97 Å². The Morgan fingerprint density at radius 1 is 1.38 bits per heavy atom. The normalized spacial score (nSPS) is 23.0. The fourth-order valence-electron chi connectivity index (χ4n) is 3.46. The molecule has 2 aromatic rings. The van der Waals surface area contributed by atoms with E-state index in [1.165, 1.54) is 12.8 Å². The maximum atomic E-state index is 11.6. The number of para-hydroxylation sites is 1. The van der Waals surface area contributed by atoms with E-state index in [4.69, 9.17) is 4.42 Å². The van der Waals surface area contributed by atoms with Gasteiger partial charge in [0.2, 0.25) is 0 Å². The van der Waals surface area contributed by atoms with Crippen molar-refractivity contribution in [2.75, 3.05) is 0 Å². The van der Waals surface area contributed by atoms with E-state index in [2.05, 4.69) is 18.7 Å². The van der Waals surface area contributed by atoms with Crippen LogP contribution in [0.4, 0.5) is 0 Å². The quantitative estimate of drug-likeness (QED) is 0.926. The first kappa shape index (κ1) is 14.1. The molecule has 0 amide bonds. The van der Waals surface area contributed by atoms with E-state index in [1.807, 2.05) is 24.3 Å². The number of likely N-dealkylation sites (tertiary alicyclic amines) is 1. The molecule has 3 rings (SSSR count). The molecule has 1 aliphatic heterocycles. The summed E-state index contributed by atoms with van der Waals surface area (Å²) in [7, 11) is 0. The molecule has 1 aliphatic rings. The number of aromatic carboxylic acids is 1. The molecule has 0 aliphatic carbocycles. The fourth-order valence-corrected chi connectivity index (χ4v) is 3.46. The number of nitrogens with zero attached hydrogens (tertiary/aromatic N) is 1. The van der Waals surface area contributed by atoms with Crippen LogP contribution in [0, 0.1) is 0 Å². The molecule has 1 fully saturated rings. The molecule has 1 saturated heterocycles.